The Balaban J connectivity index is 1.66. The Morgan fingerprint density at radius 2 is 1.59 bits per heavy atom. The number of aliphatic imine (C=N–C) groups is 1. The largest absolute Gasteiger partial charge is 0.328 e. The molecule has 1 aromatic heterocycles. The van der Waals surface area contributed by atoms with E-state index in [1.54, 1.807) is 4.90 Å². The number of thioether (sulfide) groups is 1. The van der Waals surface area contributed by atoms with Crippen molar-refractivity contribution in [2.45, 2.75) is 27.7 Å². The molecule has 5 nitrogen and oxygen atoms in total. The Morgan fingerprint density at radius 3 is 2.35 bits per heavy atom. The van der Waals surface area contributed by atoms with Gasteiger partial charge in [-0.1, -0.05) is 36.4 Å². The standard InChI is InChI=1S/C28H26N4OS/c1-17-10-8-13-21(19(17)3)30-28-32(23-15-9-11-18(2)20(23)4)27(33)25(34-28)16-26-29-22-12-6-7-14-24(22)31(26)5/h6-16H,1-5H3/b25-16+,30-28?. The van der Waals surface area contributed by atoms with Gasteiger partial charge in [0.05, 0.1) is 27.3 Å². The first kappa shape index (κ1) is 22.2. The van der Waals surface area contributed by atoms with Gasteiger partial charge in [0.15, 0.2) is 5.17 Å². The number of rotatable bonds is 3. The van der Waals surface area contributed by atoms with E-state index < -0.39 is 0 Å². The average molecular weight is 467 g/mol. The molecule has 6 heteroatoms. The Hall–Kier alpha value is -3.64. The summed E-state index contributed by atoms with van der Waals surface area (Å²) in [6.07, 6.45) is 1.87. The lowest BCUT2D eigenvalue weighted by Crippen LogP contribution is -2.29. The number of anilines is 1. The minimum Gasteiger partial charge on any atom is -0.328 e. The molecule has 0 saturated carbocycles. The third kappa shape index (κ3) is 3.74. The molecule has 0 aliphatic carbocycles. The van der Waals surface area contributed by atoms with E-state index in [0.717, 1.165) is 44.9 Å². The molecule has 0 N–H and O–H groups in total. The van der Waals surface area contributed by atoms with E-state index in [-0.39, 0.29) is 5.91 Å². The SMILES string of the molecule is Cc1cccc(N=C2S/C(=C/c3nc4ccccc4n3C)C(=O)N2c2cccc(C)c2C)c1C. The fourth-order valence-corrected chi connectivity index (χ4v) is 5.07. The first-order valence-corrected chi connectivity index (χ1v) is 12.0. The van der Waals surface area contributed by atoms with Crippen LogP contribution in [0.25, 0.3) is 17.1 Å². The summed E-state index contributed by atoms with van der Waals surface area (Å²) in [6.45, 7) is 8.25. The number of hydrogen-bond donors (Lipinski definition) is 0. The van der Waals surface area contributed by atoms with Gasteiger partial charge in [0.25, 0.3) is 5.91 Å². The van der Waals surface area contributed by atoms with Crippen LogP contribution in [0, 0.1) is 27.7 Å². The van der Waals surface area contributed by atoms with Gasteiger partial charge in [-0.15, -0.1) is 0 Å². The number of aromatic nitrogens is 2. The summed E-state index contributed by atoms with van der Waals surface area (Å²) in [5.74, 6) is 0.653. The van der Waals surface area contributed by atoms with Crippen molar-refractivity contribution in [3.8, 4) is 0 Å². The molecule has 1 aliphatic rings. The van der Waals surface area contributed by atoms with Crippen LogP contribution >= 0.6 is 11.8 Å². The molecule has 4 aromatic rings. The van der Waals surface area contributed by atoms with Crippen molar-refractivity contribution in [3.05, 3.63) is 93.6 Å². The summed E-state index contributed by atoms with van der Waals surface area (Å²) in [5, 5.41) is 0.650. The van der Waals surface area contributed by atoms with Gasteiger partial charge in [-0.2, -0.15) is 0 Å². The van der Waals surface area contributed by atoms with Crippen LogP contribution < -0.4 is 4.90 Å². The van der Waals surface area contributed by atoms with E-state index in [9.17, 15) is 4.79 Å². The minimum absolute atomic E-state index is 0.0881. The molecule has 5 rings (SSSR count). The zero-order valence-corrected chi connectivity index (χ0v) is 20.8. The molecular weight excluding hydrogens is 440 g/mol. The molecule has 3 aromatic carbocycles. The quantitative estimate of drug-likeness (QED) is 0.319. The minimum atomic E-state index is -0.0881. The molecular formula is C28H26N4OS. The summed E-state index contributed by atoms with van der Waals surface area (Å²) >= 11 is 1.39. The van der Waals surface area contributed by atoms with E-state index in [2.05, 4.69) is 32.9 Å². The van der Waals surface area contributed by atoms with Crippen molar-refractivity contribution >= 4 is 51.3 Å². The number of carbonyl (C=O) groups is 1. The highest BCUT2D eigenvalue weighted by Crippen LogP contribution is 2.39. The molecule has 1 fully saturated rings. The molecule has 34 heavy (non-hydrogen) atoms. The molecule has 0 radical (unpaired) electrons. The predicted octanol–water partition coefficient (Wildman–Crippen LogP) is 6.62. The van der Waals surface area contributed by atoms with Gasteiger partial charge in [-0.25, -0.2) is 9.98 Å². The zero-order chi connectivity index (χ0) is 24.0. The highest BCUT2D eigenvalue weighted by Gasteiger charge is 2.36. The van der Waals surface area contributed by atoms with Crippen LogP contribution in [0.4, 0.5) is 11.4 Å². The summed E-state index contributed by atoms with van der Waals surface area (Å²) < 4.78 is 2.01. The third-order valence-electron chi connectivity index (χ3n) is 6.50. The van der Waals surface area contributed by atoms with Crippen LogP contribution in [-0.4, -0.2) is 20.6 Å². The first-order valence-electron chi connectivity index (χ1n) is 11.2. The van der Waals surface area contributed by atoms with Gasteiger partial charge in [-0.3, -0.25) is 9.69 Å². The number of para-hydroxylation sites is 2. The topological polar surface area (TPSA) is 50.5 Å². The van der Waals surface area contributed by atoms with Crippen molar-refractivity contribution in [3.63, 3.8) is 0 Å². The highest BCUT2D eigenvalue weighted by atomic mass is 32.2. The van der Waals surface area contributed by atoms with Crippen LogP contribution in [0.15, 0.2) is 70.6 Å². The van der Waals surface area contributed by atoms with Gasteiger partial charge >= 0.3 is 0 Å². The number of nitrogens with zero attached hydrogens (tertiary/aromatic N) is 4. The van der Waals surface area contributed by atoms with E-state index in [0.29, 0.717) is 10.1 Å². The molecule has 0 bridgehead atoms. The molecule has 1 saturated heterocycles. The number of benzene rings is 3. The molecule has 170 valence electrons. The summed E-state index contributed by atoms with van der Waals surface area (Å²) in [7, 11) is 1.97. The van der Waals surface area contributed by atoms with Crippen LogP contribution in [0.5, 0.6) is 0 Å². The number of fused-ring (bicyclic) bond motifs is 1. The van der Waals surface area contributed by atoms with Crippen LogP contribution in [0.2, 0.25) is 0 Å². The maximum Gasteiger partial charge on any atom is 0.271 e. The van der Waals surface area contributed by atoms with Crippen LogP contribution in [0.1, 0.15) is 28.1 Å². The lowest BCUT2D eigenvalue weighted by atomic mass is 10.1. The smallest absolute Gasteiger partial charge is 0.271 e. The van der Waals surface area contributed by atoms with E-state index >= 15 is 0 Å². The fourth-order valence-electron chi connectivity index (χ4n) is 4.11. The number of amidine groups is 1. The first-order chi connectivity index (χ1) is 16.3. The van der Waals surface area contributed by atoms with E-state index in [4.69, 9.17) is 9.98 Å². The van der Waals surface area contributed by atoms with Crippen molar-refractivity contribution in [2.24, 2.45) is 12.0 Å². The summed E-state index contributed by atoms with van der Waals surface area (Å²) in [4.78, 5) is 25.8. The van der Waals surface area contributed by atoms with Gasteiger partial charge in [0.1, 0.15) is 5.82 Å². The van der Waals surface area contributed by atoms with E-state index in [1.165, 1.54) is 17.3 Å². The number of hydrogen-bond acceptors (Lipinski definition) is 4. The third-order valence-corrected chi connectivity index (χ3v) is 7.47. The second-order valence-corrected chi connectivity index (χ2v) is 9.61. The molecule has 2 heterocycles. The lowest BCUT2D eigenvalue weighted by molar-refractivity contribution is -0.113. The molecule has 1 amide bonds. The maximum atomic E-state index is 13.8. The Bertz CT molecular complexity index is 1510. The average Bonchev–Trinajstić information content (AvgIpc) is 3.30. The van der Waals surface area contributed by atoms with E-state index in [1.807, 2.05) is 73.1 Å². The van der Waals surface area contributed by atoms with Gasteiger partial charge in [-0.05, 0) is 86.0 Å². The summed E-state index contributed by atoms with van der Waals surface area (Å²) in [6, 6.07) is 20.1. The van der Waals surface area contributed by atoms with Crippen molar-refractivity contribution in [2.75, 3.05) is 4.90 Å². The van der Waals surface area contributed by atoms with Crippen LogP contribution in [0.3, 0.4) is 0 Å². The number of carbonyl (C=O) groups excluding carboxylic acids is 1. The van der Waals surface area contributed by atoms with Crippen molar-refractivity contribution < 1.29 is 4.79 Å². The Morgan fingerprint density at radius 1 is 0.882 bits per heavy atom. The monoisotopic (exact) mass is 466 g/mol. The zero-order valence-electron chi connectivity index (χ0n) is 20.0. The number of aryl methyl sites for hydroxylation is 3. The normalized spacial score (nSPS) is 16.4. The Kier molecular flexibility index (Phi) is 5.62. The highest BCUT2D eigenvalue weighted by molar-refractivity contribution is 8.19. The van der Waals surface area contributed by atoms with Gasteiger partial charge in [0, 0.05) is 13.1 Å². The van der Waals surface area contributed by atoms with Crippen molar-refractivity contribution in [1.29, 1.82) is 0 Å². The number of imidazole rings is 1. The van der Waals surface area contributed by atoms with Crippen molar-refractivity contribution in [1.82, 2.24) is 9.55 Å². The summed E-state index contributed by atoms with van der Waals surface area (Å²) in [5.41, 5.74) is 8.14. The Labute approximate surface area is 203 Å². The van der Waals surface area contributed by atoms with Gasteiger partial charge in [0.2, 0.25) is 0 Å². The molecule has 0 atom stereocenters. The number of amides is 1. The van der Waals surface area contributed by atoms with Gasteiger partial charge < -0.3 is 4.57 Å². The lowest BCUT2D eigenvalue weighted by Gasteiger charge is -2.19. The second kappa shape index (κ2) is 8.61. The molecule has 0 unspecified atom stereocenters. The predicted molar refractivity (Wildman–Crippen MR) is 143 cm³/mol. The molecule has 0 spiro atoms. The second-order valence-electron chi connectivity index (χ2n) is 8.60. The molecule has 1 aliphatic heterocycles. The maximum absolute atomic E-state index is 13.8. The fraction of sp³-hybridized carbons (Fsp3) is 0.179. The van der Waals surface area contributed by atoms with Crippen LogP contribution in [-0.2, 0) is 11.8 Å².